The monoisotopic (exact) mass is 303 g/mol. The summed E-state index contributed by atoms with van der Waals surface area (Å²) in [6, 6.07) is 5.49. The van der Waals surface area contributed by atoms with Crippen LogP contribution in [0.4, 0.5) is 0 Å². The average molecular weight is 304 g/mol. The van der Waals surface area contributed by atoms with Gasteiger partial charge in [-0.25, -0.2) is 0 Å². The second-order valence-electron chi connectivity index (χ2n) is 8.85. The number of thiophene rings is 1. The van der Waals surface area contributed by atoms with Crippen molar-refractivity contribution in [1.82, 2.24) is 5.32 Å². The lowest BCUT2D eigenvalue weighted by Crippen LogP contribution is -2.54. The molecule has 5 rings (SSSR count). The van der Waals surface area contributed by atoms with E-state index in [9.17, 15) is 0 Å². The molecule has 1 aromatic rings. The van der Waals surface area contributed by atoms with Gasteiger partial charge in [0.25, 0.3) is 0 Å². The second kappa shape index (κ2) is 5.09. The van der Waals surface area contributed by atoms with Gasteiger partial charge in [0.05, 0.1) is 0 Å². The van der Waals surface area contributed by atoms with E-state index in [1.54, 1.807) is 6.42 Å². The van der Waals surface area contributed by atoms with Gasteiger partial charge >= 0.3 is 0 Å². The van der Waals surface area contributed by atoms with Crippen LogP contribution in [0, 0.1) is 23.7 Å². The van der Waals surface area contributed by atoms with E-state index in [1.165, 1.54) is 35.4 Å². The molecule has 4 bridgehead atoms. The summed E-state index contributed by atoms with van der Waals surface area (Å²) >= 11 is 2.00. The van der Waals surface area contributed by atoms with Gasteiger partial charge in [0.2, 0.25) is 0 Å². The summed E-state index contributed by atoms with van der Waals surface area (Å²) in [5, 5.41) is 3.96. The van der Waals surface area contributed by atoms with Crippen molar-refractivity contribution >= 4 is 11.3 Å². The molecule has 0 radical (unpaired) electrons. The molecule has 116 valence electrons. The lowest BCUT2D eigenvalue weighted by atomic mass is 9.54. The predicted octanol–water partition coefficient (Wildman–Crippen LogP) is 4.96. The first-order chi connectivity index (χ1) is 9.99. The van der Waals surface area contributed by atoms with Crippen molar-refractivity contribution in [1.29, 1.82) is 0 Å². The normalized spacial score (nSPS) is 38.1. The fourth-order valence-electron chi connectivity index (χ4n) is 5.35. The Morgan fingerprint density at radius 2 is 1.62 bits per heavy atom. The van der Waals surface area contributed by atoms with Crippen LogP contribution in [0.25, 0.3) is 0 Å². The van der Waals surface area contributed by atoms with Crippen molar-refractivity contribution in [3.05, 3.63) is 21.9 Å². The Morgan fingerprint density at radius 1 is 1.00 bits per heavy atom. The fourth-order valence-corrected chi connectivity index (χ4v) is 6.37. The number of rotatable bonds is 3. The van der Waals surface area contributed by atoms with E-state index in [-0.39, 0.29) is 0 Å². The largest absolute Gasteiger partial charge is 0.309 e. The molecule has 0 saturated heterocycles. The van der Waals surface area contributed by atoms with Gasteiger partial charge in [-0.05, 0) is 73.3 Å². The van der Waals surface area contributed by atoms with Gasteiger partial charge in [-0.1, -0.05) is 20.8 Å². The Morgan fingerprint density at radius 3 is 2.14 bits per heavy atom. The zero-order valence-corrected chi connectivity index (χ0v) is 14.5. The van der Waals surface area contributed by atoms with E-state index < -0.39 is 0 Å². The van der Waals surface area contributed by atoms with Gasteiger partial charge in [0.1, 0.15) is 0 Å². The van der Waals surface area contributed by atoms with E-state index in [1.807, 2.05) is 11.3 Å². The van der Waals surface area contributed by atoms with Gasteiger partial charge in [-0.2, -0.15) is 0 Å². The molecule has 1 N–H and O–H groups in total. The third kappa shape index (κ3) is 2.70. The minimum absolute atomic E-state index is 0.297. The van der Waals surface area contributed by atoms with E-state index in [4.69, 9.17) is 0 Å². The Balaban J connectivity index is 1.40. The smallest absolute Gasteiger partial charge is 0.0302 e. The predicted molar refractivity (Wildman–Crippen MR) is 90.7 cm³/mol. The van der Waals surface area contributed by atoms with Crippen LogP contribution >= 0.6 is 11.3 Å². The molecule has 1 heterocycles. The van der Waals surface area contributed by atoms with Crippen molar-refractivity contribution in [3.63, 3.8) is 0 Å². The van der Waals surface area contributed by atoms with Crippen LogP contribution in [0.15, 0.2) is 12.1 Å². The Kier molecular flexibility index (Phi) is 3.46. The summed E-state index contributed by atoms with van der Waals surface area (Å²) in [6.45, 7) is 8.03. The van der Waals surface area contributed by atoms with Gasteiger partial charge in [-0.3, -0.25) is 0 Å². The third-order valence-corrected chi connectivity index (χ3v) is 7.65. The molecule has 0 spiro atoms. The number of hydrogen-bond donors (Lipinski definition) is 1. The molecule has 0 aliphatic heterocycles. The number of hydrogen-bond acceptors (Lipinski definition) is 2. The van der Waals surface area contributed by atoms with E-state index in [0.29, 0.717) is 5.41 Å². The van der Waals surface area contributed by atoms with Gasteiger partial charge < -0.3 is 5.32 Å². The summed E-state index contributed by atoms with van der Waals surface area (Å²) in [7, 11) is 0. The molecule has 0 amide bonds. The molecule has 4 aliphatic carbocycles. The van der Waals surface area contributed by atoms with Crippen molar-refractivity contribution in [2.45, 2.75) is 70.9 Å². The first kappa shape index (κ1) is 14.3. The molecular formula is C19H29NS. The number of nitrogens with one attached hydrogen (secondary N) is 1. The molecular weight excluding hydrogens is 274 g/mol. The molecule has 4 aliphatic rings. The highest BCUT2D eigenvalue weighted by Gasteiger charge is 2.47. The SMILES string of the molecule is CC(C)(C)c1ccc(CNC2C3CC4CC(C3)CC2C4)s1. The third-order valence-electron chi connectivity index (χ3n) is 6.14. The first-order valence-corrected chi connectivity index (χ1v) is 9.63. The molecule has 2 heteroatoms. The van der Waals surface area contributed by atoms with Crippen LogP contribution in [0.3, 0.4) is 0 Å². The maximum absolute atomic E-state index is 3.96. The molecule has 1 nitrogen and oxygen atoms in total. The zero-order valence-electron chi connectivity index (χ0n) is 13.7. The summed E-state index contributed by atoms with van der Waals surface area (Å²) in [4.78, 5) is 3.04. The van der Waals surface area contributed by atoms with E-state index >= 15 is 0 Å². The van der Waals surface area contributed by atoms with E-state index in [0.717, 1.165) is 36.3 Å². The second-order valence-corrected chi connectivity index (χ2v) is 10.0. The maximum atomic E-state index is 3.96. The highest BCUT2D eigenvalue weighted by molar-refractivity contribution is 7.12. The van der Waals surface area contributed by atoms with Crippen molar-refractivity contribution < 1.29 is 0 Å². The molecule has 0 atom stereocenters. The van der Waals surface area contributed by atoms with Gasteiger partial charge in [-0.15, -0.1) is 11.3 Å². The summed E-state index contributed by atoms with van der Waals surface area (Å²) < 4.78 is 0. The minimum atomic E-state index is 0.297. The Bertz CT molecular complexity index is 482. The summed E-state index contributed by atoms with van der Waals surface area (Å²) in [5.41, 5.74) is 0.297. The quantitative estimate of drug-likeness (QED) is 0.832. The molecule has 4 saturated carbocycles. The van der Waals surface area contributed by atoms with Crippen LogP contribution in [-0.2, 0) is 12.0 Å². The molecule has 0 aromatic carbocycles. The van der Waals surface area contributed by atoms with Crippen LogP contribution in [0.5, 0.6) is 0 Å². The van der Waals surface area contributed by atoms with Gasteiger partial charge in [0.15, 0.2) is 0 Å². The zero-order chi connectivity index (χ0) is 14.6. The Labute approximate surface area is 133 Å². The fraction of sp³-hybridized carbons (Fsp3) is 0.789. The average Bonchev–Trinajstić information content (AvgIpc) is 2.85. The highest BCUT2D eigenvalue weighted by atomic mass is 32.1. The lowest BCUT2D eigenvalue weighted by Gasteiger charge is -2.54. The molecule has 4 fully saturated rings. The topological polar surface area (TPSA) is 12.0 Å². The molecule has 21 heavy (non-hydrogen) atoms. The maximum Gasteiger partial charge on any atom is 0.0302 e. The van der Waals surface area contributed by atoms with Crippen LogP contribution in [0.1, 0.15) is 62.6 Å². The van der Waals surface area contributed by atoms with Crippen molar-refractivity contribution in [2.75, 3.05) is 0 Å². The first-order valence-electron chi connectivity index (χ1n) is 8.81. The van der Waals surface area contributed by atoms with Gasteiger partial charge in [0, 0.05) is 22.3 Å². The lowest BCUT2D eigenvalue weighted by molar-refractivity contribution is -0.0141. The molecule has 0 unspecified atom stereocenters. The van der Waals surface area contributed by atoms with Crippen LogP contribution in [0.2, 0.25) is 0 Å². The summed E-state index contributed by atoms with van der Waals surface area (Å²) in [5.74, 6) is 4.14. The van der Waals surface area contributed by atoms with Crippen molar-refractivity contribution in [3.8, 4) is 0 Å². The van der Waals surface area contributed by atoms with Crippen LogP contribution in [-0.4, -0.2) is 6.04 Å². The minimum Gasteiger partial charge on any atom is -0.309 e. The standard InChI is InChI=1S/C19H29NS/c1-19(2,3)17-5-4-16(21-17)11-20-18-14-7-12-6-13(9-14)10-15(18)8-12/h4-5,12-15,18,20H,6-11H2,1-3H3. The highest BCUT2D eigenvalue weighted by Crippen LogP contribution is 2.53. The Hall–Kier alpha value is -0.340. The van der Waals surface area contributed by atoms with Crippen molar-refractivity contribution in [2.24, 2.45) is 23.7 Å². The molecule has 1 aromatic heterocycles. The van der Waals surface area contributed by atoms with E-state index in [2.05, 4.69) is 38.2 Å². The van der Waals surface area contributed by atoms with Crippen LogP contribution < -0.4 is 5.32 Å². The summed E-state index contributed by atoms with van der Waals surface area (Å²) in [6.07, 6.45) is 7.62.